The van der Waals surface area contributed by atoms with Gasteiger partial charge in [0.15, 0.2) is 11.6 Å². The van der Waals surface area contributed by atoms with Gasteiger partial charge in [-0.3, -0.25) is 0 Å². The molecule has 0 saturated heterocycles. The first-order valence-corrected chi connectivity index (χ1v) is 5.30. The lowest BCUT2D eigenvalue weighted by Crippen LogP contribution is -2.15. The van der Waals surface area contributed by atoms with Crippen LogP contribution >= 0.6 is 0 Å². The molecule has 0 aromatic heterocycles. The van der Waals surface area contributed by atoms with Crippen molar-refractivity contribution in [2.75, 3.05) is 0 Å². The van der Waals surface area contributed by atoms with Gasteiger partial charge in [-0.05, 0) is 23.2 Å². The minimum Gasteiger partial charge on any atom is -0.486 e. The molecule has 0 heterocycles. The molecule has 2 aromatic rings. The summed E-state index contributed by atoms with van der Waals surface area (Å²) in [4.78, 5) is 0. The molecule has 0 aliphatic rings. The minimum atomic E-state index is -0.638. The van der Waals surface area contributed by atoms with Crippen LogP contribution in [-0.4, -0.2) is 7.85 Å². The molecule has 0 radical (unpaired) electrons. The zero-order valence-electron chi connectivity index (χ0n) is 9.41. The van der Waals surface area contributed by atoms with E-state index in [9.17, 15) is 8.78 Å². The van der Waals surface area contributed by atoms with E-state index in [-0.39, 0.29) is 17.8 Å². The Labute approximate surface area is 99.4 Å². The van der Waals surface area contributed by atoms with Gasteiger partial charge in [0.05, 0.1) is 0 Å². The first kappa shape index (κ1) is 11.6. The highest BCUT2D eigenvalue weighted by Gasteiger charge is 2.10. The topological polar surface area (TPSA) is 9.23 Å². The van der Waals surface area contributed by atoms with Crippen LogP contribution in [0.1, 0.15) is 5.56 Å². The Morgan fingerprint density at radius 3 is 2.41 bits per heavy atom. The van der Waals surface area contributed by atoms with Crippen molar-refractivity contribution in [1.82, 2.24) is 0 Å². The number of hydrogen-bond donors (Lipinski definition) is 0. The van der Waals surface area contributed by atoms with Gasteiger partial charge >= 0.3 is 0 Å². The quantitative estimate of drug-likeness (QED) is 0.733. The van der Waals surface area contributed by atoms with Crippen LogP contribution in [0.3, 0.4) is 0 Å². The summed E-state index contributed by atoms with van der Waals surface area (Å²) in [7, 11) is 1.39. The van der Waals surface area contributed by atoms with E-state index < -0.39 is 11.6 Å². The highest BCUT2D eigenvalue weighted by Crippen LogP contribution is 2.17. The molecule has 0 fully saturated rings. The fourth-order valence-corrected chi connectivity index (χ4v) is 1.48. The summed E-state index contributed by atoms with van der Waals surface area (Å²) in [5, 5.41) is 0. The fourth-order valence-electron chi connectivity index (χ4n) is 1.48. The lowest BCUT2D eigenvalue weighted by Gasteiger charge is -2.09. The van der Waals surface area contributed by atoms with Gasteiger partial charge in [0, 0.05) is 0 Å². The van der Waals surface area contributed by atoms with Gasteiger partial charge in [-0.1, -0.05) is 30.3 Å². The van der Waals surface area contributed by atoms with Gasteiger partial charge in [0.2, 0.25) is 0 Å². The van der Waals surface area contributed by atoms with Crippen LogP contribution in [0.15, 0.2) is 42.5 Å². The molecule has 0 bridgehead atoms. The Hall–Kier alpha value is -1.84. The molecule has 0 N–H and O–H groups in total. The molecule has 2 aromatic carbocycles. The second-order valence-corrected chi connectivity index (χ2v) is 3.76. The first-order chi connectivity index (χ1) is 8.18. The molecule has 0 amide bonds. The summed E-state index contributed by atoms with van der Waals surface area (Å²) in [6.45, 7) is 0.267. The molecule has 4 heteroatoms. The van der Waals surface area contributed by atoms with Crippen LogP contribution in [0, 0.1) is 11.6 Å². The molecule has 86 valence electrons. The van der Waals surface area contributed by atoms with Crippen molar-refractivity contribution in [3.05, 3.63) is 59.7 Å². The summed E-state index contributed by atoms with van der Waals surface area (Å²) in [6, 6.07) is 11.9. The van der Waals surface area contributed by atoms with E-state index in [0.717, 1.165) is 5.56 Å². The zero-order chi connectivity index (χ0) is 12.3. The third-order valence-corrected chi connectivity index (χ3v) is 2.52. The van der Waals surface area contributed by atoms with Gasteiger partial charge in [-0.15, -0.1) is 0 Å². The molecule has 0 atom stereocenters. The van der Waals surface area contributed by atoms with E-state index in [0.29, 0.717) is 0 Å². The monoisotopic (exact) mass is 232 g/mol. The van der Waals surface area contributed by atoms with E-state index >= 15 is 0 Å². The van der Waals surface area contributed by atoms with Crippen molar-refractivity contribution in [2.24, 2.45) is 0 Å². The maximum atomic E-state index is 13.6. The van der Waals surface area contributed by atoms with Crippen molar-refractivity contribution in [3.8, 4) is 5.75 Å². The second-order valence-electron chi connectivity index (χ2n) is 3.76. The van der Waals surface area contributed by atoms with Crippen molar-refractivity contribution in [2.45, 2.75) is 6.61 Å². The average molecular weight is 232 g/mol. The molecule has 0 saturated carbocycles. The predicted molar refractivity (Wildman–Crippen MR) is 65.3 cm³/mol. The Morgan fingerprint density at radius 1 is 1.00 bits per heavy atom. The van der Waals surface area contributed by atoms with Crippen LogP contribution in [0.25, 0.3) is 0 Å². The number of rotatable bonds is 3. The molecule has 0 aliphatic heterocycles. The van der Waals surface area contributed by atoms with E-state index in [4.69, 9.17) is 4.74 Å². The third-order valence-electron chi connectivity index (χ3n) is 2.52. The Morgan fingerprint density at radius 2 is 1.71 bits per heavy atom. The van der Waals surface area contributed by atoms with E-state index in [1.807, 2.05) is 30.3 Å². The number of benzene rings is 2. The van der Waals surface area contributed by atoms with E-state index in [1.165, 1.54) is 20.0 Å². The van der Waals surface area contributed by atoms with E-state index in [1.54, 1.807) is 0 Å². The van der Waals surface area contributed by atoms with Crippen LogP contribution in [0.5, 0.6) is 5.75 Å². The average Bonchev–Trinajstić information content (AvgIpc) is 2.36. The largest absolute Gasteiger partial charge is 0.486 e. The van der Waals surface area contributed by atoms with Gasteiger partial charge in [-0.2, -0.15) is 0 Å². The SMILES string of the molecule is Bc1c(F)ccc(OCc2ccccc2)c1F. The van der Waals surface area contributed by atoms with Crippen LogP contribution < -0.4 is 10.2 Å². The zero-order valence-corrected chi connectivity index (χ0v) is 9.41. The Bertz CT molecular complexity index is 514. The number of halogens is 2. The fraction of sp³-hybridized carbons (Fsp3) is 0.0769. The first-order valence-electron chi connectivity index (χ1n) is 5.30. The van der Waals surface area contributed by atoms with Crippen molar-refractivity contribution >= 4 is 13.3 Å². The number of ether oxygens (including phenoxy) is 1. The predicted octanol–water partition coefficient (Wildman–Crippen LogP) is 1.80. The summed E-state index contributed by atoms with van der Waals surface area (Å²) in [6.07, 6.45) is 0. The highest BCUT2D eigenvalue weighted by atomic mass is 19.1. The van der Waals surface area contributed by atoms with Crippen molar-refractivity contribution < 1.29 is 13.5 Å². The van der Waals surface area contributed by atoms with Crippen LogP contribution in [0.4, 0.5) is 8.78 Å². The summed E-state index contributed by atoms with van der Waals surface area (Å²) < 4.78 is 31.9. The summed E-state index contributed by atoms with van der Waals surface area (Å²) in [5.41, 5.74) is 0.921. The molecular weight excluding hydrogens is 221 g/mol. The Kier molecular flexibility index (Phi) is 3.42. The molecule has 2 rings (SSSR count). The van der Waals surface area contributed by atoms with Gasteiger partial charge < -0.3 is 4.74 Å². The lowest BCUT2D eigenvalue weighted by atomic mass is 9.94. The van der Waals surface area contributed by atoms with Crippen molar-refractivity contribution in [3.63, 3.8) is 0 Å². The number of hydrogen-bond acceptors (Lipinski definition) is 1. The third kappa shape index (κ3) is 2.64. The standard InChI is InChI=1S/C13H11BF2O/c14-12-10(15)6-7-11(13(12)16)17-8-9-4-2-1-3-5-9/h1-7H,8,14H2. The Balaban J connectivity index is 2.13. The smallest absolute Gasteiger partial charge is 0.161 e. The molecular formula is C13H11BF2O. The van der Waals surface area contributed by atoms with E-state index in [2.05, 4.69) is 0 Å². The van der Waals surface area contributed by atoms with Crippen LogP contribution in [-0.2, 0) is 6.61 Å². The normalized spacial score (nSPS) is 10.2. The summed E-state index contributed by atoms with van der Waals surface area (Å²) >= 11 is 0. The molecule has 0 unspecified atom stereocenters. The van der Waals surface area contributed by atoms with Gasteiger partial charge in [0.25, 0.3) is 0 Å². The molecule has 0 aliphatic carbocycles. The lowest BCUT2D eigenvalue weighted by molar-refractivity contribution is 0.290. The second kappa shape index (κ2) is 5.00. The van der Waals surface area contributed by atoms with Crippen molar-refractivity contribution in [1.29, 1.82) is 0 Å². The highest BCUT2D eigenvalue weighted by molar-refractivity contribution is 6.32. The van der Waals surface area contributed by atoms with Gasteiger partial charge in [0.1, 0.15) is 20.3 Å². The van der Waals surface area contributed by atoms with Gasteiger partial charge in [-0.25, -0.2) is 8.78 Å². The van der Waals surface area contributed by atoms with Crippen LogP contribution in [0.2, 0.25) is 0 Å². The molecule has 17 heavy (non-hydrogen) atoms. The maximum absolute atomic E-state index is 13.6. The minimum absolute atomic E-state index is 0.0180. The summed E-state index contributed by atoms with van der Waals surface area (Å²) in [5.74, 6) is -1.12. The molecule has 0 spiro atoms. The molecule has 1 nitrogen and oxygen atoms in total. The maximum Gasteiger partial charge on any atom is 0.161 e.